The Bertz CT molecular complexity index is 1930. The molecule has 0 saturated carbocycles. The first kappa shape index (κ1) is 35.4. The normalized spacial score (nSPS) is 11.8. The molecule has 0 aromatic heterocycles. The second-order valence-electron chi connectivity index (χ2n) is 11.7. The standard InChI is InChI=1S/C40H32F8O/c1-2-3-4-7-25-10-12-26(13-11-25)8-5-6-9-27-14-19-33(36(43)20-27)40(47,48)49-30-16-18-31(35(42)24-30)28-15-17-32(34(41)21-28)29-22-37(44)39(46)38(45)23-29/h5,8,10-24H,2-4,6-7,9H2,1H3/b8-5+. The Morgan fingerprint density at radius 2 is 1.22 bits per heavy atom. The molecule has 0 fully saturated rings. The fourth-order valence-electron chi connectivity index (χ4n) is 5.42. The van der Waals surface area contributed by atoms with Crippen molar-refractivity contribution >= 4 is 6.08 Å². The van der Waals surface area contributed by atoms with Crippen LogP contribution in [0, 0.1) is 34.9 Å². The van der Waals surface area contributed by atoms with Gasteiger partial charge in [0, 0.05) is 17.2 Å². The van der Waals surface area contributed by atoms with Crippen molar-refractivity contribution in [3.63, 3.8) is 0 Å². The first-order valence-corrected chi connectivity index (χ1v) is 15.8. The minimum Gasteiger partial charge on any atom is -0.429 e. The van der Waals surface area contributed by atoms with E-state index in [4.69, 9.17) is 4.74 Å². The number of alkyl halides is 2. The summed E-state index contributed by atoms with van der Waals surface area (Å²) in [6.07, 6.45) is 5.29. The number of rotatable bonds is 13. The number of benzene rings is 5. The maximum Gasteiger partial charge on any atom is 0.429 e. The average molecular weight is 681 g/mol. The van der Waals surface area contributed by atoms with Crippen molar-refractivity contribution in [2.75, 3.05) is 0 Å². The van der Waals surface area contributed by atoms with Crippen LogP contribution in [0.4, 0.5) is 35.1 Å². The van der Waals surface area contributed by atoms with E-state index in [1.165, 1.54) is 30.5 Å². The summed E-state index contributed by atoms with van der Waals surface area (Å²) in [5.74, 6) is -8.55. The van der Waals surface area contributed by atoms with Crippen LogP contribution in [-0.4, -0.2) is 0 Å². The topological polar surface area (TPSA) is 9.23 Å². The molecule has 0 N–H and O–H groups in total. The van der Waals surface area contributed by atoms with Gasteiger partial charge in [-0.25, -0.2) is 26.3 Å². The van der Waals surface area contributed by atoms with Crippen molar-refractivity contribution in [2.24, 2.45) is 0 Å². The smallest absolute Gasteiger partial charge is 0.429 e. The molecule has 0 atom stereocenters. The Morgan fingerprint density at radius 1 is 0.592 bits per heavy atom. The fourth-order valence-corrected chi connectivity index (χ4v) is 5.42. The summed E-state index contributed by atoms with van der Waals surface area (Å²) in [7, 11) is 0. The maximum absolute atomic E-state index is 15.0. The van der Waals surface area contributed by atoms with Gasteiger partial charge in [0.1, 0.15) is 23.2 Å². The number of unbranched alkanes of at least 4 members (excludes halogenated alkanes) is 2. The van der Waals surface area contributed by atoms with E-state index in [9.17, 15) is 22.0 Å². The Labute approximate surface area is 279 Å². The van der Waals surface area contributed by atoms with Gasteiger partial charge < -0.3 is 4.74 Å². The zero-order valence-electron chi connectivity index (χ0n) is 26.5. The van der Waals surface area contributed by atoms with Gasteiger partial charge in [-0.3, -0.25) is 0 Å². The van der Waals surface area contributed by atoms with Crippen LogP contribution in [0.2, 0.25) is 0 Å². The van der Waals surface area contributed by atoms with E-state index in [0.29, 0.717) is 36.6 Å². The van der Waals surface area contributed by atoms with Crippen LogP contribution in [-0.2, 0) is 19.0 Å². The number of hydrogen-bond acceptors (Lipinski definition) is 1. The van der Waals surface area contributed by atoms with Crippen molar-refractivity contribution in [2.45, 2.75) is 51.6 Å². The van der Waals surface area contributed by atoms with Crippen LogP contribution < -0.4 is 4.74 Å². The highest BCUT2D eigenvalue weighted by molar-refractivity contribution is 5.72. The third-order valence-electron chi connectivity index (χ3n) is 8.07. The van der Waals surface area contributed by atoms with E-state index >= 15 is 13.2 Å². The van der Waals surface area contributed by atoms with Crippen LogP contribution in [0.25, 0.3) is 28.3 Å². The zero-order valence-corrected chi connectivity index (χ0v) is 26.5. The molecular formula is C40H32F8O. The maximum atomic E-state index is 15.0. The third kappa shape index (κ3) is 8.76. The van der Waals surface area contributed by atoms with Crippen LogP contribution in [0.3, 0.4) is 0 Å². The molecule has 5 aromatic carbocycles. The van der Waals surface area contributed by atoms with Crippen molar-refractivity contribution in [1.82, 2.24) is 0 Å². The molecular weight excluding hydrogens is 648 g/mol. The van der Waals surface area contributed by atoms with Gasteiger partial charge in [-0.15, -0.1) is 0 Å². The SMILES string of the molecule is CCCCCc1ccc(/C=C/CCc2ccc(C(F)(F)Oc3ccc(-c4ccc(-c5cc(F)c(F)c(F)c5)c(F)c4)c(F)c3)c(F)c2)cc1. The van der Waals surface area contributed by atoms with Gasteiger partial charge in [0.2, 0.25) is 0 Å². The predicted octanol–water partition coefficient (Wildman–Crippen LogP) is 12.4. The van der Waals surface area contributed by atoms with Crippen molar-refractivity contribution in [3.05, 3.63) is 154 Å². The highest BCUT2D eigenvalue weighted by Gasteiger charge is 2.38. The number of halogens is 8. The lowest BCUT2D eigenvalue weighted by Crippen LogP contribution is -2.23. The molecule has 0 unspecified atom stereocenters. The lowest BCUT2D eigenvalue weighted by atomic mass is 9.99. The average Bonchev–Trinajstić information content (AvgIpc) is 3.06. The molecule has 0 bridgehead atoms. The van der Waals surface area contributed by atoms with Gasteiger partial charge in [-0.2, -0.15) is 8.78 Å². The van der Waals surface area contributed by atoms with Crippen molar-refractivity contribution in [3.8, 4) is 28.0 Å². The Morgan fingerprint density at radius 3 is 1.88 bits per heavy atom. The molecule has 0 amide bonds. The molecule has 0 saturated heterocycles. The molecule has 0 aliphatic heterocycles. The van der Waals surface area contributed by atoms with E-state index in [1.807, 2.05) is 24.3 Å². The Hall–Kier alpha value is -4.92. The molecule has 254 valence electrons. The second kappa shape index (κ2) is 15.5. The highest BCUT2D eigenvalue weighted by Crippen LogP contribution is 2.36. The molecule has 0 heterocycles. The summed E-state index contributed by atoms with van der Waals surface area (Å²) in [6, 6.07) is 18.8. The molecule has 1 nitrogen and oxygen atoms in total. The van der Waals surface area contributed by atoms with Gasteiger partial charge in [0.25, 0.3) is 0 Å². The first-order chi connectivity index (χ1) is 23.4. The van der Waals surface area contributed by atoms with Crippen LogP contribution in [0.5, 0.6) is 5.75 Å². The molecule has 0 radical (unpaired) electrons. The number of allylic oxidation sites excluding steroid dienone is 1. The largest absolute Gasteiger partial charge is 0.429 e. The Balaban J connectivity index is 1.21. The minimum absolute atomic E-state index is 0.0210. The van der Waals surface area contributed by atoms with Gasteiger partial charge in [-0.05, 0) is 96.0 Å². The molecule has 0 aliphatic carbocycles. The van der Waals surface area contributed by atoms with Crippen molar-refractivity contribution < 1.29 is 39.9 Å². The quantitative estimate of drug-likeness (QED) is 0.0683. The van der Waals surface area contributed by atoms with E-state index in [2.05, 4.69) is 19.1 Å². The fraction of sp³-hybridized carbons (Fsp3) is 0.200. The molecule has 0 spiro atoms. The molecule has 5 aromatic rings. The third-order valence-corrected chi connectivity index (χ3v) is 8.07. The van der Waals surface area contributed by atoms with Crippen LogP contribution >= 0.6 is 0 Å². The molecule has 0 aliphatic rings. The summed E-state index contributed by atoms with van der Waals surface area (Å²) >= 11 is 0. The number of hydrogen-bond donors (Lipinski definition) is 0. The number of aryl methyl sites for hydroxylation is 2. The van der Waals surface area contributed by atoms with Gasteiger partial charge >= 0.3 is 6.11 Å². The summed E-state index contributed by atoms with van der Waals surface area (Å²) in [5, 5.41) is 0. The van der Waals surface area contributed by atoms with Gasteiger partial charge in [-0.1, -0.05) is 74.4 Å². The minimum atomic E-state index is -4.15. The predicted molar refractivity (Wildman–Crippen MR) is 175 cm³/mol. The lowest BCUT2D eigenvalue weighted by Gasteiger charge is -2.19. The summed E-state index contributed by atoms with van der Waals surface area (Å²) in [6.45, 7) is 2.17. The van der Waals surface area contributed by atoms with Gasteiger partial charge in [0.15, 0.2) is 17.5 Å². The summed E-state index contributed by atoms with van der Waals surface area (Å²) in [4.78, 5) is 0. The Kier molecular flexibility index (Phi) is 11.2. The zero-order chi connectivity index (χ0) is 35.1. The number of ether oxygens (including phenoxy) is 1. The van der Waals surface area contributed by atoms with E-state index < -0.39 is 52.3 Å². The van der Waals surface area contributed by atoms with E-state index in [0.717, 1.165) is 54.8 Å². The molecule has 9 heteroatoms. The van der Waals surface area contributed by atoms with E-state index in [-0.39, 0.29) is 22.3 Å². The molecule has 49 heavy (non-hydrogen) atoms. The highest BCUT2D eigenvalue weighted by atomic mass is 19.3. The summed E-state index contributed by atoms with van der Waals surface area (Å²) < 4.78 is 120. The monoisotopic (exact) mass is 680 g/mol. The first-order valence-electron chi connectivity index (χ1n) is 15.8. The van der Waals surface area contributed by atoms with Crippen molar-refractivity contribution in [1.29, 1.82) is 0 Å². The summed E-state index contributed by atoms with van der Waals surface area (Å²) in [5.41, 5.74) is 1.03. The van der Waals surface area contributed by atoms with E-state index in [1.54, 1.807) is 0 Å². The molecule has 5 rings (SSSR count). The van der Waals surface area contributed by atoms with Crippen LogP contribution in [0.1, 0.15) is 54.9 Å². The van der Waals surface area contributed by atoms with Crippen LogP contribution in [0.15, 0.2) is 97.1 Å². The van der Waals surface area contributed by atoms with Gasteiger partial charge in [0.05, 0.1) is 5.56 Å². The lowest BCUT2D eigenvalue weighted by molar-refractivity contribution is -0.187. The second-order valence-corrected chi connectivity index (χ2v) is 11.7.